The fourth-order valence-electron chi connectivity index (χ4n) is 3.35. The zero-order valence-corrected chi connectivity index (χ0v) is 13.0. The molecule has 0 radical (unpaired) electrons. The molecule has 0 unspecified atom stereocenters. The molecule has 0 aromatic heterocycles. The summed E-state index contributed by atoms with van der Waals surface area (Å²) in [4.78, 5) is 28.9. The number of carboxylic acids is 1. The van der Waals surface area contributed by atoms with Crippen molar-refractivity contribution >= 4 is 12.0 Å². The van der Waals surface area contributed by atoms with Gasteiger partial charge in [0.15, 0.2) is 0 Å². The van der Waals surface area contributed by atoms with Gasteiger partial charge in [-0.2, -0.15) is 0 Å². The van der Waals surface area contributed by atoms with Gasteiger partial charge in [-0.25, -0.2) is 4.79 Å². The number of rotatable bonds is 5. The first kappa shape index (κ1) is 16.1. The molecule has 120 valence electrons. The Labute approximate surface area is 126 Å². The van der Waals surface area contributed by atoms with E-state index in [1.807, 2.05) is 4.90 Å². The van der Waals surface area contributed by atoms with Crippen LogP contribution in [0.4, 0.5) is 4.79 Å². The average Bonchev–Trinajstić information content (AvgIpc) is 3.00. The van der Waals surface area contributed by atoms with Crippen molar-refractivity contribution in [2.75, 3.05) is 39.8 Å². The van der Waals surface area contributed by atoms with E-state index in [1.165, 1.54) is 25.7 Å². The van der Waals surface area contributed by atoms with Crippen molar-refractivity contribution in [2.45, 2.75) is 44.6 Å². The number of urea groups is 1. The van der Waals surface area contributed by atoms with E-state index in [0.717, 1.165) is 32.2 Å². The molecule has 6 nitrogen and oxygen atoms in total. The molecule has 0 bridgehead atoms. The van der Waals surface area contributed by atoms with Gasteiger partial charge in [0, 0.05) is 52.2 Å². The van der Waals surface area contributed by atoms with Gasteiger partial charge >= 0.3 is 12.0 Å². The summed E-state index contributed by atoms with van der Waals surface area (Å²) < 4.78 is 0. The molecule has 6 heteroatoms. The molecule has 1 saturated carbocycles. The summed E-state index contributed by atoms with van der Waals surface area (Å²) in [5.41, 5.74) is 0. The summed E-state index contributed by atoms with van der Waals surface area (Å²) in [6.45, 7) is 4.03. The molecular formula is C15H27N3O3. The number of carbonyl (C=O) groups is 2. The third-order valence-electron chi connectivity index (χ3n) is 4.64. The van der Waals surface area contributed by atoms with Crippen LogP contribution in [-0.2, 0) is 4.79 Å². The smallest absolute Gasteiger partial charge is 0.319 e. The van der Waals surface area contributed by atoms with E-state index >= 15 is 0 Å². The van der Waals surface area contributed by atoms with Crippen LogP contribution >= 0.6 is 0 Å². The van der Waals surface area contributed by atoms with Crippen LogP contribution in [0.3, 0.4) is 0 Å². The van der Waals surface area contributed by atoms with Gasteiger partial charge in [0.25, 0.3) is 0 Å². The van der Waals surface area contributed by atoms with E-state index in [9.17, 15) is 9.59 Å². The van der Waals surface area contributed by atoms with Crippen molar-refractivity contribution in [1.82, 2.24) is 14.7 Å². The summed E-state index contributed by atoms with van der Waals surface area (Å²) in [5, 5.41) is 8.63. The Hall–Kier alpha value is -1.30. The summed E-state index contributed by atoms with van der Waals surface area (Å²) in [7, 11) is 1.76. The molecule has 1 heterocycles. The minimum atomic E-state index is -0.805. The summed E-state index contributed by atoms with van der Waals surface area (Å²) in [6.07, 6.45) is 5.94. The lowest BCUT2D eigenvalue weighted by Gasteiger charge is -2.39. The predicted molar refractivity (Wildman–Crippen MR) is 80.3 cm³/mol. The van der Waals surface area contributed by atoms with Crippen LogP contribution in [0.1, 0.15) is 38.5 Å². The van der Waals surface area contributed by atoms with Crippen molar-refractivity contribution < 1.29 is 14.7 Å². The molecule has 0 atom stereocenters. The monoisotopic (exact) mass is 297 g/mol. The molecule has 2 fully saturated rings. The number of hydrogen-bond donors (Lipinski definition) is 1. The van der Waals surface area contributed by atoms with Gasteiger partial charge < -0.3 is 14.9 Å². The molecule has 0 aromatic rings. The lowest BCUT2D eigenvalue weighted by Crippen LogP contribution is -2.54. The Bertz CT molecular complexity index is 361. The van der Waals surface area contributed by atoms with Gasteiger partial charge in [0.1, 0.15) is 0 Å². The molecule has 2 amide bonds. The normalized spacial score (nSPS) is 20.7. The molecule has 2 aliphatic rings. The Balaban J connectivity index is 1.70. The number of amides is 2. The number of piperazine rings is 1. The van der Waals surface area contributed by atoms with E-state index in [2.05, 4.69) is 4.90 Å². The van der Waals surface area contributed by atoms with E-state index < -0.39 is 5.97 Å². The topological polar surface area (TPSA) is 64.1 Å². The maximum absolute atomic E-state index is 12.3. The number of nitrogens with zero attached hydrogens (tertiary/aromatic N) is 3. The zero-order valence-electron chi connectivity index (χ0n) is 13.0. The number of hydrogen-bond acceptors (Lipinski definition) is 3. The first-order chi connectivity index (χ1) is 10.1. The van der Waals surface area contributed by atoms with Crippen LogP contribution in [-0.4, -0.2) is 77.6 Å². The molecular weight excluding hydrogens is 270 g/mol. The molecule has 0 spiro atoms. The van der Waals surface area contributed by atoms with Crippen LogP contribution in [0.5, 0.6) is 0 Å². The number of carboxylic acid groups (broad SMARTS) is 1. The number of carbonyl (C=O) groups excluding carboxylic acids is 1. The summed E-state index contributed by atoms with van der Waals surface area (Å²) in [6, 6.07) is 0.766. The Kier molecular flexibility index (Phi) is 5.85. The molecule has 2 rings (SSSR count). The second-order valence-corrected chi connectivity index (χ2v) is 6.16. The Morgan fingerprint density at radius 2 is 1.76 bits per heavy atom. The Morgan fingerprint density at radius 1 is 1.14 bits per heavy atom. The van der Waals surface area contributed by atoms with Gasteiger partial charge in [-0.3, -0.25) is 9.69 Å². The third-order valence-corrected chi connectivity index (χ3v) is 4.64. The maximum atomic E-state index is 12.3. The zero-order chi connectivity index (χ0) is 15.2. The molecule has 1 aliphatic carbocycles. The van der Waals surface area contributed by atoms with Crippen molar-refractivity contribution in [3.05, 3.63) is 0 Å². The standard InChI is InChI=1S/C15H27N3O3/c1-16(8-4-7-14(19)20)15(21)18-11-9-17(10-12-18)13-5-2-3-6-13/h13H,2-12H2,1H3,(H,19,20). The maximum Gasteiger partial charge on any atom is 0.319 e. The average molecular weight is 297 g/mol. The lowest BCUT2D eigenvalue weighted by atomic mass is 10.2. The van der Waals surface area contributed by atoms with Crippen LogP contribution in [0.15, 0.2) is 0 Å². The number of aliphatic carboxylic acids is 1. The molecule has 0 aromatic carbocycles. The fourth-order valence-corrected chi connectivity index (χ4v) is 3.35. The highest BCUT2D eigenvalue weighted by Crippen LogP contribution is 2.24. The van der Waals surface area contributed by atoms with E-state index in [0.29, 0.717) is 13.0 Å². The third kappa shape index (κ3) is 4.59. The van der Waals surface area contributed by atoms with Crippen LogP contribution < -0.4 is 0 Å². The summed E-state index contributed by atoms with van der Waals surface area (Å²) >= 11 is 0. The molecule has 21 heavy (non-hydrogen) atoms. The van der Waals surface area contributed by atoms with Crippen LogP contribution in [0, 0.1) is 0 Å². The predicted octanol–water partition coefficient (Wildman–Crippen LogP) is 1.46. The Morgan fingerprint density at radius 3 is 2.33 bits per heavy atom. The van der Waals surface area contributed by atoms with Gasteiger partial charge in [-0.05, 0) is 19.3 Å². The minimum Gasteiger partial charge on any atom is -0.481 e. The van der Waals surface area contributed by atoms with E-state index in [1.54, 1.807) is 11.9 Å². The fraction of sp³-hybridized carbons (Fsp3) is 0.867. The first-order valence-corrected chi connectivity index (χ1v) is 8.04. The second kappa shape index (κ2) is 7.64. The molecule has 1 saturated heterocycles. The SMILES string of the molecule is CN(CCCC(=O)O)C(=O)N1CCN(C2CCCC2)CC1. The molecule has 1 N–H and O–H groups in total. The van der Waals surface area contributed by atoms with Crippen molar-refractivity contribution in [3.63, 3.8) is 0 Å². The van der Waals surface area contributed by atoms with Gasteiger partial charge in [-0.1, -0.05) is 12.8 Å². The highest BCUT2D eigenvalue weighted by molar-refractivity contribution is 5.74. The largest absolute Gasteiger partial charge is 0.481 e. The molecule has 1 aliphatic heterocycles. The first-order valence-electron chi connectivity index (χ1n) is 8.04. The van der Waals surface area contributed by atoms with E-state index in [-0.39, 0.29) is 12.5 Å². The van der Waals surface area contributed by atoms with Crippen molar-refractivity contribution in [3.8, 4) is 0 Å². The van der Waals surface area contributed by atoms with Crippen molar-refractivity contribution in [1.29, 1.82) is 0 Å². The van der Waals surface area contributed by atoms with Crippen molar-refractivity contribution in [2.24, 2.45) is 0 Å². The lowest BCUT2D eigenvalue weighted by molar-refractivity contribution is -0.137. The van der Waals surface area contributed by atoms with Crippen LogP contribution in [0.25, 0.3) is 0 Å². The van der Waals surface area contributed by atoms with Gasteiger partial charge in [0.2, 0.25) is 0 Å². The second-order valence-electron chi connectivity index (χ2n) is 6.16. The van der Waals surface area contributed by atoms with Gasteiger partial charge in [-0.15, -0.1) is 0 Å². The quantitative estimate of drug-likeness (QED) is 0.834. The summed E-state index contributed by atoms with van der Waals surface area (Å²) in [5.74, 6) is -0.805. The van der Waals surface area contributed by atoms with Crippen LogP contribution in [0.2, 0.25) is 0 Å². The van der Waals surface area contributed by atoms with E-state index in [4.69, 9.17) is 5.11 Å². The van der Waals surface area contributed by atoms with Gasteiger partial charge in [0.05, 0.1) is 0 Å². The highest BCUT2D eigenvalue weighted by Gasteiger charge is 2.28. The highest BCUT2D eigenvalue weighted by atomic mass is 16.4. The minimum absolute atomic E-state index is 0.0338.